The van der Waals surface area contributed by atoms with E-state index in [0.717, 1.165) is 33.9 Å². The number of aromatic nitrogens is 1. The van der Waals surface area contributed by atoms with Crippen molar-refractivity contribution in [2.45, 2.75) is 20.8 Å². The molecule has 0 amide bonds. The summed E-state index contributed by atoms with van der Waals surface area (Å²) in [5.74, 6) is -0.921. The molecule has 0 saturated carbocycles. The predicted molar refractivity (Wildman–Crippen MR) is 106 cm³/mol. The smallest absolute Gasteiger partial charge is 0.335 e. The number of aromatic carboxylic acids is 1. The number of aryl methyl sites for hydroxylation is 2. The lowest BCUT2D eigenvalue weighted by molar-refractivity contribution is 0.0697. The van der Waals surface area contributed by atoms with E-state index in [1.54, 1.807) is 12.1 Å². The molecule has 26 heavy (non-hydrogen) atoms. The number of rotatable bonds is 4. The van der Waals surface area contributed by atoms with Gasteiger partial charge in [-0.1, -0.05) is 17.7 Å². The van der Waals surface area contributed by atoms with Crippen LogP contribution in [-0.4, -0.2) is 21.9 Å². The Balaban J connectivity index is 2.00. The molecule has 3 aromatic rings. The van der Waals surface area contributed by atoms with Gasteiger partial charge < -0.3 is 9.67 Å². The van der Waals surface area contributed by atoms with Gasteiger partial charge in [0.25, 0.3) is 0 Å². The van der Waals surface area contributed by atoms with Gasteiger partial charge in [0, 0.05) is 33.9 Å². The Morgan fingerprint density at radius 2 is 1.88 bits per heavy atom. The number of nitrogens with zero attached hydrogens (tertiary/aromatic N) is 2. The van der Waals surface area contributed by atoms with Crippen LogP contribution in [0.4, 0.5) is 5.69 Å². The number of carboxylic acids is 1. The molecule has 0 radical (unpaired) electrons. The monoisotopic (exact) mass is 366 g/mol. The molecule has 0 saturated heterocycles. The maximum atomic E-state index is 11.1. The van der Waals surface area contributed by atoms with Crippen LogP contribution < -0.4 is 0 Å². The summed E-state index contributed by atoms with van der Waals surface area (Å²) in [5, 5.41) is 9.80. The summed E-state index contributed by atoms with van der Waals surface area (Å²) in [7, 11) is 0. The van der Waals surface area contributed by atoms with E-state index in [-0.39, 0.29) is 5.56 Å². The van der Waals surface area contributed by atoms with Crippen LogP contribution in [0, 0.1) is 20.8 Å². The molecule has 132 valence electrons. The quantitative estimate of drug-likeness (QED) is 0.619. The zero-order valence-electron chi connectivity index (χ0n) is 14.8. The van der Waals surface area contributed by atoms with Crippen LogP contribution in [0.25, 0.3) is 5.69 Å². The van der Waals surface area contributed by atoms with Crippen LogP contribution >= 0.6 is 11.6 Å². The molecule has 0 fully saturated rings. The van der Waals surface area contributed by atoms with Crippen LogP contribution in [0.3, 0.4) is 0 Å². The highest BCUT2D eigenvalue weighted by Crippen LogP contribution is 2.24. The van der Waals surface area contributed by atoms with Gasteiger partial charge in [-0.25, -0.2) is 4.79 Å². The largest absolute Gasteiger partial charge is 0.478 e. The van der Waals surface area contributed by atoms with E-state index < -0.39 is 5.97 Å². The average Bonchev–Trinajstić information content (AvgIpc) is 2.87. The number of halogens is 1. The lowest BCUT2D eigenvalue weighted by Gasteiger charge is -2.13. The number of carbonyl (C=O) groups is 1. The molecule has 1 aromatic heterocycles. The summed E-state index contributed by atoms with van der Waals surface area (Å²) in [6.07, 6.45) is 1.82. The van der Waals surface area contributed by atoms with Crippen LogP contribution in [0.5, 0.6) is 0 Å². The minimum atomic E-state index is -0.921. The van der Waals surface area contributed by atoms with Crippen LogP contribution in [0.1, 0.15) is 32.9 Å². The van der Waals surface area contributed by atoms with Crippen molar-refractivity contribution in [2.24, 2.45) is 4.99 Å². The minimum absolute atomic E-state index is 0.288. The van der Waals surface area contributed by atoms with E-state index in [1.807, 2.05) is 57.3 Å². The first kappa shape index (κ1) is 18.0. The zero-order chi connectivity index (χ0) is 18.8. The van der Waals surface area contributed by atoms with Gasteiger partial charge in [0.2, 0.25) is 0 Å². The second-order valence-electron chi connectivity index (χ2n) is 6.21. The molecular formula is C21H19ClN2O2. The summed E-state index contributed by atoms with van der Waals surface area (Å²) >= 11 is 6.00. The van der Waals surface area contributed by atoms with Gasteiger partial charge in [-0.15, -0.1) is 0 Å². The number of aliphatic imine (C=N–C) groups is 1. The third kappa shape index (κ3) is 3.55. The fourth-order valence-corrected chi connectivity index (χ4v) is 3.21. The Morgan fingerprint density at radius 1 is 1.12 bits per heavy atom. The SMILES string of the molecule is Cc1cc(C(=O)O)ccc1-n1c(C)cc(C=Nc2cccc(Cl)c2)c1C. The third-order valence-electron chi connectivity index (χ3n) is 4.32. The Bertz CT molecular complexity index is 1020. The Labute approximate surface area is 157 Å². The van der Waals surface area contributed by atoms with Gasteiger partial charge in [0.15, 0.2) is 0 Å². The fourth-order valence-electron chi connectivity index (χ4n) is 3.03. The molecule has 0 bridgehead atoms. The van der Waals surface area contributed by atoms with E-state index in [0.29, 0.717) is 5.02 Å². The first-order valence-corrected chi connectivity index (χ1v) is 8.57. The summed E-state index contributed by atoms with van der Waals surface area (Å²) in [6.45, 7) is 5.96. The van der Waals surface area contributed by atoms with Crippen molar-refractivity contribution in [3.8, 4) is 5.69 Å². The molecule has 0 aliphatic heterocycles. The van der Waals surface area contributed by atoms with Crippen LogP contribution in [0.2, 0.25) is 5.02 Å². The van der Waals surface area contributed by atoms with Gasteiger partial charge in [0.1, 0.15) is 0 Å². The number of hydrogen-bond donors (Lipinski definition) is 1. The Kier molecular flexibility index (Phi) is 4.96. The normalized spacial score (nSPS) is 11.2. The Hall–Kier alpha value is -2.85. The highest BCUT2D eigenvalue weighted by Gasteiger charge is 2.13. The molecule has 2 aromatic carbocycles. The second kappa shape index (κ2) is 7.18. The molecule has 3 rings (SSSR count). The molecule has 0 atom stereocenters. The molecule has 1 N–H and O–H groups in total. The van der Waals surface area contributed by atoms with Gasteiger partial charge in [-0.3, -0.25) is 4.99 Å². The van der Waals surface area contributed by atoms with Gasteiger partial charge in [0.05, 0.1) is 11.3 Å². The third-order valence-corrected chi connectivity index (χ3v) is 4.55. The topological polar surface area (TPSA) is 54.6 Å². The van der Waals surface area contributed by atoms with Crippen molar-refractivity contribution in [2.75, 3.05) is 0 Å². The van der Waals surface area contributed by atoms with E-state index in [9.17, 15) is 4.79 Å². The summed E-state index contributed by atoms with van der Waals surface area (Å²) in [5.41, 5.74) is 6.06. The van der Waals surface area contributed by atoms with E-state index in [4.69, 9.17) is 16.7 Å². The average molecular weight is 367 g/mol. The second-order valence-corrected chi connectivity index (χ2v) is 6.64. The maximum absolute atomic E-state index is 11.1. The van der Waals surface area contributed by atoms with Crippen molar-refractivity contribution in [3.05, 3.63) is 81.6 Å². The fraction of sp³-hybridized carbons (Fsp3) is 0.143. The van der Waals surface area contributed by atoms with Gasteiger partial charge in [-0.05, 0) is 68.8 Å². The maximum Gasteiger partial charge on any atom is 0.335 e. The number of hydrogen-bond acceptors (Lipinski definition) is 2. The highest BCUT2D eigenvalue weighted by molar-refractivity contribution is 6.30. The minimum Gasteiger partial charge on any atom is -0.478 e. The molecule has 1 heterocycles. The van der Waals surface area contributed by atoms with Crippen molar-refractivity contribution in [1.82, 2.24) is 4.57 Å². The van der Waals surface area contributed by atoms with Crippen molar-refractivity contribution in [3.63, 3.8) is 0 Å². The molecule has 5 heteroatoms. The molecule has 0 aliphatic rings. The standard InChI is InChI=1S/C21H19ClN2O2/c1-13-9-16(21(25)26)7-8-20(13)24-14(2)10-17(15(24)3)12-23-19-6-4-5-18(22)11-19/h4-12H,1-3H3,(H,25,26). The number of carboxylic acid groups (broad SMARTS) is 1. The van der Waals surface area contributed by atoms with E-state index >= 15 is 0 Å². The van der Waals surface area contributed by atoms with E-state index in [1.165, 1.54) is 0 Å². The molecule has 0 unspecified atom stereocenters. The first-order valence-electron chi connectivity index (χ1n) is 8.19. The van der Waals surface area contributed by atoms with Crippen LogP contribution in [0.15, 0.2) is 53.5 Å². The lowest BCUT2D eigenvalue weighted by Crippen LogP contribution is -2.04. The zero-order valence-corrected chi connectivity index (χ0v) is 15.6. The number of benzene rings is 2. The van der Waals surface area contributed by atoms with Gasteiger partial charge in [-0.2, -0.15) is 0 Å². The Morgan fingerprint density at radius 3 is 2.54 bits per heavy atom. The first-order chi connectivity index (χ1) is 12.4. The molecule has 0 aliphatic carbocycles. The van der Waals surface area contributed by atoms with Crippen LogP contribution in [-0.2, 0) is 0 Å². The molecule has 4 nitrogen and oxygen atoms in total. The highest BCUT2D eigenvalue weighted by atomic mass is 35.5. The van der Waals surface area contributed by atoms with Crippen molar-refractivity contribution >= 4 is 29.5 Å². The summed E-state index contributed by atoms with van der Waals surface area (Å²) in [4.78, 5) is 15.7. The summed E-state index contributed by atoms with van der Waals surface area (Å²) < 4.78 is 2.11. The van der Waals surface area contributed by atoms with Crippen molar-refractivity contribution < 1.29 is 9.90 Å². The predicted octanol–water partition coefficient (Wildman–Crippen LogP) is 5.50. The summed E-state index contributed by atoms with van der Waals surface area (Å²) in [6, 6.07) is 14.6. The molecular weight excluding hydrogens is 348 g/mol. The lowest BCUT2D eigenvalue weighted by atomic mass is 10.1. The molecule has 0 spiro atoms. The van der Waals surface area contributed by atoms with E-state index in [2.05, 4.69) is 15.6 Å². The van der Waals surface area contributed by atoms with Gasteiger partial charge >= 0.3 is 5.97 Å². The van der Waals surface area contributed by atoms with Crippen molar-refractivity contribution in [1.29, 1.82) is 0 Å².